The molecule has 0 aliphatic rings. The van der Waals surface area contributed by atoms with E-state index in [4.69, 9.17) is 5.73 Å². The van der Waals surface area contributed by atoms with Crippen LogP contribution in [0.1, 0.15) is 27.7 Å². The minimum absolute atomic E-state index is 0.0987. The molecule has 0 aromatic rings. The maximum atomic E-state index is 11.7. The predicted molar refractivity (Wildman–Crippen MR) is 63.7 cm³/mol. The lowest BCUT2D eigenvalue weighted by Crippen LogP contribution is -2.48. The van der Waals surface area contributed by atoms with Gasteiger partial charge in [0.1, 0.15) is 0 Å². The Hall–Kier alpha value is -1.10. The second kappa shape index (κ2) is 5.30. The highest BCUT2D eigenvalue weighted by molar-refractivity contribution is 5.85. The summed E-state index contributed by atoms with van der Waals surface area (Å²) < 4.78 is 0. The number of hydrogen-bond acceptors (Lipinski definition) is 3. The van der Waals surface area contributed by atoms with E-state index in [0.717, 1.165) is 0 Å². The van der Waals surface area contributed by atoms with Crippen molar-refractivity contribution in [3.8, 4) is 0 Å². The first-order chi connectivity index (χ1) is 7.17. The Balaban J connectivity index is 4.36. The molecular formula is C11H23N3O2. The van der Waals surface area contributed by atoms with Crippen LogP contribution < -0.4 is 16.4 Å². The lowest BCUT2D eigenvalue weighted by molar-refractivity contribution is -0.131. The first kappa shape index (κ1) is 14.9. The molecule has 16 heavy (non-hydrogen) atoms. The van der Waals surface area contributed by atoms with Crippen LogP contribution >= 0.6 is 0 Å². The zero-order valence-corrected chi connectivity index (χ0v) is 10.8. The third-order valence-corrected chi connectivity index (χ3v) is 2.66. The normalized spacial score (nSPS) is 12.1. The van der Waals surface area contributed by atoms with Crippen LogP contribution in [-0.4, -0.2) is 32.0 Å². The van der Waals surface area contributed by atoms with E-state index in [-0.39, 0.29) is 18.4 Å². The number of hydrogen-bond donors (Lipinski definition) is 3. The van der Waals surface area contributed by atoms with Gasteiger partial charge in [0, 0.05) is 20.1 Å². The number of rotatable bonds is 5. The Labute approximate surface area is 97.2 Å². The fourth-order valence-corrected chi connectivity index (χ4v) is 1.05. The zero-order valence-electron chi connectivity index (χ0n) is 10.8. The van der Waals surface area contributed by atoms with Crippen molar-refractivity contribution >= 4 is 11.8 Å². The number of carbonyl (C=O) groups is 2. The van der Waals surface area contributed by atoms with Gasteiger partial charge in [-0.05, 0) is 27.7 Å². The standard InChI is InChI=1S/C11H23N3O2/c1-10(2,6-12)9(16)14-7-11(3,4)8(15)13-5/h6-7,12H2,1-5H3,(H,13,15)(H,14,16). The Morgan fingerprint density at radius 3 is 1.94 bits per heavy atom. The highest BCUT2D eigenvalue weighted by Gasteiger charge is 2.31. The van der Waals surface area contributed by atoms with Crippen LogP contribution in [-0.2, 0) is 9.59 Å². The summed E-state index contributed by atoms with van der Waals surface area (Å²) >= 11 is 0. The highest BCUT2D eigenvalue weighted by atomic mass is 16.2. The summed E-state index contributed by atoms with van der Waals surface area (Å²) in [6.45, 7) is 7.68. The molecule has 0 aromatic carbocycles. The van der Waals surface area contributed by atoms with Gasteiger partial charge < -0.3 is 16.4 Å². The highest BCUT2D eigenvalue weighted by Crippen LogP contribution is 2.16. The van der Waals surface area contributed by atoms with Crippen LogP contribution in [0.2, 0.25) is 0 Å². The largest absolute Gasteiger partial charge is 0.359 e. The minimum atomic E-state index is -0.616. The third kappa shape index (κ3) is 3.81. The molecule has 0 saturated carbocycles. The second-order valence-electron chi connectivity index (χ2n) is 5.23. The summed E-state index contributed by atoms with van der Waals surface area (Å²) in [5.74, 6) is -0.231. The second-order valence-corrected chi connectivity index (χ2v) is 5.23. The molecule has 94 valence electrons. The number of carbonyl (C=O) groups excluding carboxylic acids is 2. The molecule has 0 rings (SSSR count). The average Bonchev–Trinajstić information content (AvgIpc) is 2.24. The van der Waals surface area contributed by atoms with Gasteiger partial charge in [-0.15, -0.1) is 0 Å². The maximum Gasteiger partial charge on any atom is 0.227 e. The van der Waals surface area contributed by atoms with E-state index in [9.17, 15) is 9.59 Å². The first-order valence-corrected chi connectivity index (χ1v) is 5.38. The number of nitrogens with one attached hydrogen (secondary N) is 2. The summed E-state index contributed by atoms with van der Waals surface area (Å²) in [6, 6.07) is 0. The molecule has 4 N–H and O–H groups in total. The van der Waals surface area contributed by atoms with Crippen LogP contribution in [0.25, 0.3) is 0 Å². The van der Waals surface area contributed by atoms with Crippen molar-refractivity contribution in [3.05, 3.63) is 0 Å². The van der Waals surface area contributed by atoms with E-state index in [0.29, 0.717) is 6.54 Å². The Bertz CT molecular complexity index is 272. The van der Waals surface area contributed by atoms with Gasteiger partial charge in [-0.1, -0.05) is 0 Å². The molecule has 0 atom stereocenters. The van der Waals surface area contributed by atoms with Crippen molar-refractivity contribution in [2.75, 3.05) is 20.1 Å². The van der Waals surface area contributed by atoms with Crippen molar-refractivity contribution < 1.29 is 9.59 Å². The molecule has 5 heteroatoms. The third-order valence-electron chi connectivity index (χ3n) is 2.66. The quantitative estimate of drug-likeness (QED) is 0.613. The summed E-state index contributed by atoms with van der Waals surface area (Å²) in [6.07, 6.45) is 0. The molecule has 0 heterocycles. The van der Waals surface area contributed by atoms with E-state index < -0.39 is 10.8 Å². The van der Waals surface area contributed by atoms with Crippen LogP contribution in [0.3, 0.4) is 0 Å². The molecule has 0 saturated heterocycles. The summed E-state index contributed by atoms with van der Waals surface area (Å²) in [5.41, 5.74) is 4.28. The van der Waals surface area contributed by atoms with Gasteiger partial charge in [-0.2, -0.15) is 0 Å². The van der Waals surface area contributed by atoms with Gasteiger partial charge >= 0.3 is 0 Å². The molecule has 5 nitrogen and oxygen atoms in total. The first-order valence-electron chi connectivity index (χ1n) is 5.38. The number of nitrogens with two attached hydrogens (primary N) is 1. The summed E-state index contributed by atoms with van der Waals surface area (Å²) in [5, 5.41) is 5.32. The predicted octanol–water partition coefficient (Wildman–Crippen LogP) is -0.140. The summed E-state index contributed by atoms with van der Waals surface area (Å²) in [7, 11) is 1.58. The van der Waals surface area contributed by atoms with Crippen LogP contribution in [0, 0.1) is 10.8 Å². The van der Waals surface area contributed by atoms with Gasteiger partial charge in [0.15, 0.2) is 0 Å². The molecule has 0 spiro atoms. The molecule has 0 aromatic heterocycles. The van der Waals surface area contributed by atoms with Gasteiger partial charge in [0.25, 0.3) is 0 Å². The monoisotopic (exact) mass is 229 g/mol. The molecule has 0 aliphatic heterocycles. The van der Waals surface area contributed by atoms with Gasteiger partial charge in [0.2, 0.25) is 11.8 Å². The van der Waals surface area contributed by atoms with Crippen molar-refractivity contribution in [1.29, 1.82) is 0 Å². The Morgan fingerprint density at radius 1 is 1.06 bits per heavy atom. The molecule has 2 amide bonds. The van der Waals surface area contributed by atoms with Crippen LogP contribution in [0.15, 0.2) is 0 Å². The topological polar surface area (TPSA) is 84.2 Å². The molecule has 0 unspecified atom stereocenters. The van der Waals surface area contributed by atoms with Gasteiger partial charge in [0.05, 0.1) is 10.8 Å². The molecular weight excluding hydrogens is 206 g/mol. The molecule has 0 aliphatic carbocycles. The maximum absolute atomic E-state index is 11.7. The van der Waals surface area contributed by atoms with Crippen molar-refractivity contribution in [3.63, 3.8) is 0 Å². The Kier molecular flexibility index (Phi) is 4.93. The molecule has 0 fully saturated rings. The average molecular weight is 229 g/mol. The van der Waals surface area contributed by atoms with Crippen molar-refractivity contribution in [1.82, 2.24) is 10.6 Å². The SMILES string of the molecule is CNC(=O)C(C)(C)CNC(=O)C(C)(C)CN. The fourth-order valence-electron chi connectivity index (χ4n) is 1.05. The summed E-state index contributed by atoms with van der Waals surface area (Å²) in [4.78, 5) is 23.2. The smallest absolute Gasteiger partial charge is 0.227 e. The Morgan fingerprint density at radius 2 is 1.56 bits per heavy atom. The van der Waals surface area contributed by atoms with Crippen LogP contribution in [0.4, 0.5) is 0 Å². The fraction of sp³-hybridized carbons (Fsp3) is 0.818. The van der Waals surface area contributed by atoms with E-state index in [1.807, 2.05) is 0 Å². The lowest BCUT2D eigenvalue weighted by atomic mass is 9.89. The van der Waals surface area contributed by atoms with Gasteiger partial charge in [-0.25, -0.2) is 0 Å². The van der Waals surface area contributed by atoms with Gasteiger partial charge in [-0.3, -0.25) is 9.59 Å². The van der Waals surface area contributed by atoms with E-state index in [2.05, 4.69) is 10.6 Å². The zero-order chi connectivity index (χ0) is 13.0. The van der Waals surface area contributed by atoms with E-state index >= 15 is 0 Å². The molecule has 0 bridgehead atoms. The van der Waals surface area contributed by atoms with Crippen molar-refractivity contribution in [2.45, 2.75) is 27.7 Å². The minimum Gasteiger partial charge on any atom is -0.359 e. The molecule has 0 radical (unpaired) electrons. The van der Waals surface area contributed by atoms with Crippen LogP contribution in [0.5, 0.6) is 0 Å². The van der Waals surface area contributed by atoms with E-state index in [1.165, 1.54) is 0 Å². The van der Waals surface area contributed by atoms with Crippen molar-refractivity contribution in [2.24, 2.45) is 16.6 Å². The lowest BCUT2D eigenvalue weighted by Gasteiger charge is -2.27. The number of amides is 2. The van der Waals surface area contributed by atoms with E-state index in [1.54, 1.807) is 34.7 Å².